The van der Waals surface area contributed by atoms with Gasteiger partial charge in [0.05, 0.1) is 5.52 Å². The normalized spacial score (nSPS) is 12.7. The van der Waals surface area contributed by atoms with Gasteiger partial charge in [0.2, 0.25) is 12.7 Å². The van der Waals surface area contributed by atoms with Crippen LogP contribution in [0, 0.1) is 5.92 Å². The molecule has 3 aromatic rings. The molecule has 0 aliphatic carbocycles. The molecule has 3 heterocycles. The number of amides is 1. The van der Waals surface area contributed by atoms with Crippen LogP contribution >= 0.6 is 11.5 Å². The number of nitrogens with zero attached hydrogens (tertiary/aromatic N) is 3. The highest BCUT2D eigenvalue weighted by molar-refractivity contribution is 7.04. The number of hydrogen-bond acceptors (Lipinski definition) is 7. The summed E-state index contributed by atoms with van der Waals surface area (Å²) in [5.41, 5.74) is 0.510. The molecule has 0 radical (unpaired) electrons. The van der Waals surface area contributed by atoms with Crippen LogP contribution in [0.25, 0.3) is 11.0 Å². The molecule has 2 aromatic heterocycles. The van der Waals surface area contributed by atoms with Gasteiger partial charge in [0, 0.05) is 18.5 Å². The lowest BCUT2D eigenvalue weighted by Crippen LogP contribution is -2.43. The third kappa shape index (κ3) is 3.75. The number of carbonyl (C=O) groups excluding carboxylic acids is 1. The monoisotopic (exact) mass is 416 g/mol. The van der Waals surface area contributed by atoms with Crippen molar-refractivity contribution in [1.82, 2.24) is 18.8 Å². The van der Waals surface area contributed by atoms with Gasteiger partial charge in [-0.25, -0.2) is 4.79 Å². The number of hydrogen-bond donors (Lipinski definition) is 1. The first-order valence-corrected chi connectivity index (χ1v) is 10.0. The second-order valence-electron chi connectivity index (χ2n) is 7.19. The fourth-order valence-electron chi connectivity index (χ4n) is 3.17. The maximum atomic E-state index is 12.9. The first-order chi connectivity index (χ1) is 13.9. The third-order valence-corrected chi connectivity index (χ3v) is 5.14. The molecule has 152 valence electrons. The van der Waals surface area contributed by atoms with E-state index in [-0.39, 0.29) is 43.8 Å². The molecule has 29 heavy (non-hydrogen) atoms. The van der Waals surface area contributed by atoms with Crippen molar-refractivity contribution in [3.63, 3.8) is 0 Å². The van der Waals surface area contributed by atoms with Gasteiger partial charge in [0.25, 0.3) is 5.56 Å². The number of rotatable bonds is 6. The largest absolute Gasteiger partial charge is 0.454 e. The van der Waals surface area contributed by atoms with E-state index in [1.165, 1.54) is 4.57 Å². The highest BCUT2D eigenvalue weighted by atomic mass is 32.1. The van der Waals surface area contributed by atoms with E-state index in [4.69, 9.17) is 9.47 Å². The Hall–Kier alpha value is -3.14. The summed E-state index contributed by atoms with van der Waals surface area (Å²) in [6.45, 7) is 4.37. The standard InChI is InChI=1S/C19H20N4O5S/c1-11(2)7-23-18(25)17-13(9-29-21-17)22(19(23)26)8-16(24)20-6-12-3-4-14-15(5-12)28-10-27-14/h3-5,9,11H,6-8,10H2,1-2H3,(H,20,24). The van der Waals surface area contributed by atoms with Gasteiger partial charge in [-0.15, -0.1) is 0 Å². The minimum atomic E-state index is -0.505. The van der Waals surface area contributed by atoms with Crippen LogP contribution in [0.4, 0.5) is 0 Å². The highest BCUT2D eigenvalue weighted by Gasteiger charge is 2.18. The molecule has 0 saturated heterocycles. The minimum absolute atomic E-state index is 0.102. The van der Waals surface area contributed by atoms with Gasteiger partial charge in [0.15, 0.2) is 17.0 Å². The highest BCUT2D eigenvalue weighted by Crippen LogP contribution is 2.32. The summed E-state index contributed by atoms with van der Waals surface area (Å²) in [5, 5.41) is 4.41. The Labute approximate surface area is 169 Å². The Morgan fingerprint density at radius 3 is 2.83 bits per heavy atom. The first-order valence-electron chi connectivity index (χ1n) is 9.17. The van der Waals surface area contributed by atoms with Crippen molar-refractivity contribution in [2.24, 2.45) is 5.92 Å². The predicted octanol–water partition coefficient (Wildman–Crippen LogP) is 1.32. The van der Waals surface area contributed by atoms with Crippen LogP contribution in [0.15, 0.2) is 33.2 Å². The number of fused-ring (bicyclic) bond motifs is 2. The summed E-state index contributed by atoms with van der Waals surface area (Å²) in [5.74, 6) is 1.07. The Balaban J connectivity index is 1.55. The zero-order valence-corrected chi connectivity index (χ0v) is 16.8. The maximum Gasteiger partial charge on any atom is 0.332 e. The van der Waals surface area contributed by atoms with Gasteiger partial charge in [-0.2, -0.15) is 4.37 Å². The second-order valence-corrected chi connectivity index (χ2v) is 7.82. The van der Waals surface area contributed by atoms with E-state index in [1.807, 2.05) is 19.9 Å². The molecule has 1 aromatic carbocycles. The molecule has 1 aliphatic rings. The van der Waals surface area contributed by atoms with Crippen molar-refractivity contribution >= 4 is 28.5 Å². The second kappa shape index (κ2) is 7.70. The summed E-state index contributed by atoms with van der Waals surface area (Å²) in [6, 6.07) is 5.43. The molecule has 1 aliphatic heterocycles. The fraction of sp³-hybridized carbons (Fsp3) is 0.368. The van der Waals surface area contributed by atoms with Crippen molar-refractivity contribution in [3.05, 3.63) is 50.0 Å². The summed E-state index contributed by atoms with van der Waals surface area (Å²) < 4.78 is 17.2. The van der Waals surface area contributed by atoms with Crippen molar-refractivity contribution in [3.8, 4) is 11.5 Å². The predicted molar refractivity (Wildman–Crippen MR) is 107 cm³/mol. The number of benzene rings is 1. The SMILES string of the molecule is CC(C)Cn1c(=O)c2nscc2n(CC(=O)NCc2ccc3c(c2)OCO3)c1=O. The zero-order chi connectivity index (χ0) is 20.5. The number of ether oxygens (including phenoxy) is 2. The molecular weight excluding hydrogens is 396 g/mol. The van der Waals surface area contributed by atoms with Crippen LogP contribution in [0.3, 0.4) is 0 Å². The van der Waals surface area contributed by atoms with Crippen LogP contribution in [-0.4, -0.2) is 26.2 Å². The Bertz CT molecular complexity index is 1190. The molecule has 0 bridgehead atoms. The van der Waals surface area contributed by atoms with Gasteiger partial charge >= 0.3 is 5.69 Å². The van der Waals surface area contributed by atoms with Gasteiger partial charge in [-0.3, -0.25) is 18.7 Å². The average Bonchev–Trinajstić information content (AvgIpc) is 3.35. The summed E-state index contributed by atoms with van der Waals surface area (Å²) in [7, 11) is 0. The summed E-state index contributed by atoms with van der Waals surface area (Å²) >= 11 is 1.09. The molecule has 10 heteroatoms. The quantitative estimate of drug-likeness (QED) is 0.650. The van der Waals surface area contributed by atoms with Gasteiger partial charge in [-0.1, -0.05) is 19.9 Å². The fourth-order valence-corrected chi connectivity index (χ4v) is 3.83. The van der Waals surface area contributed by atoms with E-state index in [2.05, 4.69) is 9.69 Å². The van der Waals surface area contributed by atoms with E-state index >= 15 is 0 Å². The van der Waals surface area contributed by atoms with Crippen LogP contribution in [0.2, 0.25) is 0 Å². The molecule has 0 saturated carbocycles. The average molecular weight is 416 g/mol. The molecule has 1 amide bonds. The lowest BCUT2D eigenvalue weighted by Gasteiger charge is -2.13. The number of aromatic nitrogens is 3. The summed E-state index contributed by atoms with van der Waals surface area (Å²) in [6.07, 6.45) is 0. The van der Waals surface area contributed by atoms with E-state index in [0.29, 0.717) is 17.0 Å². The number of carbonyl (C=O) groups is 1. The zero-order valence-electron chi connectivity index (χ0n) is 16.0. The first kappa shape index (κ1) is 19.2. The molecule has 1 N–H and O–H groups in total. The Morgan fingerprint density at radius 2 is 2.03 bits per heavy atom. The van der Waals surface area contributed by atoms with Crippen molar-refractivity contribution in [2.45, 2.75) is 33.5 Å². The van der Waals surface area contributed by atoms with Gasteiger partial charge < -0.3 is 14.8 Å². The smallest absolute Gasteiger partial charge is 0.332 e. The van der Waals surface area contributed by atoms with Crippen LogP contribution < -0.4 is 26.0 Å². The third-order valence-electron chi connectivity index (χ3n) is 4.53. The van der Waals surface area contributed by atoms with Crippen LogP contribution in [0.5, 0.6) is 11.5 Å². The lowest BCUT2D eigenvalue weighted by atomic mass is 10.2. The van der Waals surface area contributed by atoms with Crippen LogP contribution in [0.1, 0.15) is 19.4 Å². The molecule has 9 nitrogen and oxygen atoms in total. The summed E-state index contributed by atoms with van der Waals surface area (Å²) in [4.78, 5) is 38.0. The van der Waals surface area contributed by atoms with Crippen molar-refractivity contribution < 1.29 is 14.3 Å². The molecule has 0 fully saturated rings. The van der Waals surface area contributed by atoms with Gasteiger partial charge in [0.1, 0.15) is 6.54 Å². The maximum absolute atomic E-state index is 12.9. The Kier molecular flexibility index (Phi) is 5.10. The number of nitrogens with one attached hydrogen (secondary N) is 1. The van der Waals surface area contributed by atoms with Crippen molar-refractivity contribution in [2.75, 3.05) is 6.79 Å². The van der Waals surface area contributed by atoms with Crippen LogP contribution in [-0.2, 0) is 24.4 Å². The van der Waals surface area contributed by atoms with Gasteiger partial charge in [-0.05, 0) is 35.1 Å². The minimum Gasteiger partial charge on any atom is -0.454 e. The van der Waals surface area contributed by atoms with E-state index in [0.717, 1.165) is 21.7 Å². The molecular formula is C19H20N4O5S. The van der Waals surface area contributed by atoms with E-state index < -0.39 is 11.2 Å². The van der Waals surface area contributed by atoms with E-state index in [9.17, 15) is 14.4 Å². The Morgan fingerprint density at radius 1 is 1.24 bits per heavy atom. The lowest BCUT2D eigenvalue weighted by molar-refractivity contribution is -0.121. The molecule has 0 atom stereocenters. The van der Waals surface area contributed by atoms with E-state index in [1.54, 1.807) is 17.5 Å². The topological polar surface area (TPSA) is 104 Å². The molecule has 4 rings (SSSR count). The van der Waals surface area contributed by atoms with Crippen molar-refractivity contribution in [1.29, 1.82) is 0 Å². The molecule has 0 unspecified atom stereocenters. The molecule has 0 spiro atoms.